The van der Waals surface area contributed by atoms with Gasteiger partial charge in [-0.05, 0) is 30.1 Å². The highest BCUT2D eigenvalue weighted by atomic mass is 14.4. The van der Waals surface area contributed by atoms with E-state index in [2.05, 4.69) is 41.5 Å². The lowest BCUT2D eigenvalue weighted by atomic mass is 9.64. The third-order valence-electron chi connectivity index (χ3n) is 4.06. The molecule has 0 nitrogen and oxygen atoms in total. The summed E-state index contributed by atoms with van der Waals surface area (Å²) in [6.07, 6.45) is 3.98. The molecule has 0 amide bonds. The highest BCUT2D eigenvalue weighted by molar-refractivity contribution is 4.84. The molecule has 74 valence electrons. The Labute approximate surface area is 78.8 Å². The van der Waals surface area contributed by atoms with Crippen LogP contribution in [0, 0.1) is 17.3 Å². The van der Waals surface area contributed by atoms with Crippen LogP contribution in [0.5, 0.6) is 0 Å². The molecule has 0 aliphatic carbocycles. The monoisotopic (exact) mass is 170 g/mol. The van der Waals surface area contributed by atoms with Gasteiger partial charge in [0.2, 0.25) is 0 Å². The minimum Gasteiger partial charge on any atom is -0.0651 e. The summed E-state index contributed by atoms with van der Waals surface area (Å²) in [5.74, 6) is 1.69. The molecule has 0 rings (SSSR count). The van der Waals surface area contributed by atoms with E-state index in [1.54, 1.807) is 0 Å². The van der Waals surface area contributed by atoms with Crippen molar-refractivity contribution in [2.24, 2.45) is 17.3 Å². The van der Waals surface area contributed by atoms with Crippen LogP contribution in [0.3, 0.4) is 0 Å². The van der Waals surface area contributed by atoms with E-state index in [1.807, 2.05) is 0 Å². The van der Waals surface area contributed by atoms with Gasteiger partial charge in [-0.3, -0.25) is 0 Å². The van der Waals surface area contributed by atoms with Gasteiger partial charge in [0.25, 0.3) is 0 Å². The fourth-order valence-electron chi connectivity index (χ4n) is 2.74. The van der Waals surface area contributed by atoms with E-state index in [0.29, 0.717) is 5.41 Å². The highest BCUT2D eigenvalue weighted by Crippen LogP contribution is 2.43. The van der Waals surface area contributed by atoms with Gasteiger partial charge in [0, 0.05) is 0 Å². The zero-order valence-electron chi connectivity index (χ0n) is 9.78. The molecule has 0 aromatic heterocycles. The van der Waals surface area contributed by atoms with Crippen molar-refractivity contribution in [3.63, 3.8) is 0 Å². The maximum atomic E-state index is 2.41. The first-order chi connectivity index (χ1) is 5.55. The van der Waals surface area contributed by atoms with Gasteiger partial charge in [0.15, 0.2) is 0 Å². The summed E-state index contributed by atoms with van der Waals surface area (Å²) in [5, 5.41) is 0. The van der Waals surface area contributed by atoms with Crippen molar-refractivity contribution in [3.05, 3.63) is 0 Å². The first kappa shape index (κ1) is 12.0. The maximum absolute atomic E-state index is 2.41. The molecule has 0 saturated heterocycles. The molecule has 0 aliphatic rings. The van der Waals surface area contributed by atoms with E-state index >= 15 is 0 Å². The van der Waals surface area contributed by atoms with Crippen LogP contribution in [0.2, 0.25) is 0 Å². The van der Waals surface area contributed by atoms with Gasteiger partial charge in [-0.25, -0.2) is 0 Å². The van der Waals surface area contributed by atoms with E-state index in [1.165, 1.54) is 19.3 Å². The van der Waals surface area contributed by atoms with E-state index in [4.69, 9.17) is 0 Å². The minimum atomic E-state index is 0.592. The lowest BCUT2D eigenvalue weighted by Gasteiger charge is -2.41. The summed E-state index contributed by atoms with van der Waals surface area (Å²) < 4.78 is 0. The van der Waals surface area contributed by atoms with Crippen LogP contribution in [0.25, 0.3) is 0 Å². The Bertz CT molecular complexity index is 109. The van der Waals surface area contributed by atoms with Gasteiger partial charge in [0.05, 0.1) is 0 Å². The molecule has 0 spiro atoms. The van der Waals surface area contributed by atoms with Crippen molar-refractivity contribution in [2.45, 2.75) is 60.8 Å². The predicted molar refractivity (Wildman–Crippen MR) is 57.3 cm³/mol. The number of hydrogen-bond acceptors (Lipinski definition) is 0. The van der Waals surface area contributed by atoms with Crippen molar-refractivity contribution in [2.75, 3.05) is 0 Å². The summed E-state index contributed by atoms with van der Waals surface area (Å²) >= 11 is 0. The molecule has 0 aromatic rings. The van der Waals surface area contributed by atoms with E-state index in [0.717, 1.165) is 11.8 Å². The normalized spacial score (nSPS) is 15.2. The highest BCUT2D eigenvalue weighted by Gasteiger charge is 2.34. The molecular formula is C12H26. The fourth-order valence-corrected chi connectivity index (χ4v) is 2.74. The van der Waals surface area contributed by atoms with Gasteiger partial charge in [0.1, 0.15) is 0 Å². The molecule has 12 heavy (non-hydrogen) atoms. The van der Waals surface area contributed by atoms with Crippen LogP contribution in [-0.2, 0) is 0 Å². The molecule has 0 fully saturated rings. The average Bonchev–Trinajstić information content (AvgIpc) is 2.06. The molecule has 0 N–H and O–H groups in total. The Morgan fingerprint density at radius 2 is 1.33 bits per heavy atom. The minimum absolute atomic E-state index is 0.592. The summed E-state index contributed by atoms with van der Waals surface area (Å²) in [7, 11) is 0. The van der Waals surface area contributed by atoms with Crippen LogP contribution in [0.15, 0.2) is 0 Å². The number of rotatable bonds is 5. The molecule has 0 bridgehead atoms. The van der Waals surface area contributed by atoms with Crippen LogP contribution in [0.1, 0.15) is 60.8 Å². The van der Waals surface area contributed by atoms with Crippen molar-refractivity contribution in [3.8, 4) is 0 Å². The molecule has 1 atom stereocenters. The van der Waals surface area contributed by atoms with Crippen LogP contribution in [-0.4, -0.2) is 0 Å². The molecule has 0 aromatic carbocycles. The van der Waals surface area contributed by atoms with Gasteiger partial charge < -0.3 is 0 Å². The van der Waals surface area contributed by atoms with Gasteiger partial charge in [-0.2, -0.15) is 0 Å². The largest absolute Gasteiger partial charge is 0.0651 e. The Morgan fingerprint density at radius 1 is 0.917 bits per heavy atom. The second-order valence-corrected chi connectivity index (χ2v) is 4.40. The second kappa shape index (κ2) is 4.89. The first-order valence-electron chi connectivity index (χ1n) is 5.55. The lowest BCUT2D eigenvalue weighted by molar-refractivity contribution is 0.0850. The summed E-state index contributed by atoms with van der Waals surface area (Å²) in [6.45, 7) is 14.2. The molecule has 0 radical (unpaired) electrons. The molecule has 0 aliphatic heterocycles. The van der Waals surface area contributed by atoms with Gasteiger partial charge in [-0.1, -0.05) is 48.0 Å². The third kappa shape index (κ3) is 2.02. The third-order valence-corrected chi connectivity index (χ3v) is 4.06. The zero-order chi connectivity index (χ0) is 9.78. The molecule has 1 unspecified atom stereocenters. The molecule has 0 saturated carbocycles. The Morgan fingerprint density at radius 3 is 1.42 bits per heavy atom. The smallest absolute Gasteiger partial charge is 0.0254 e. The summed E-state index contributed by atoms with van der Waals surface area (Å²) in [6, 6.07) is 0. The SMILES string of the molecule is CCC(C)C(CC)(CC)C(C)C. The molecule has 0 heterocycles. The van der Waals surface area contributed by atoms with Crippen molar-refractivity contribution >= 4 is 0 Å². The van der Waals surface area contributed by atoms with Crippen molar-refractivity contribution < 1.29 is 0 Å². The fraction of sp³-hybridized carbons (Fsp3) is 1.00. The Kier molecular flexibility index (Phi) is 4.89. The topological polar surface area (TPSA) is 0 Å². The van der Waals surface area contributed by atoms with Crippen molar-refractivity contribution in [1.82, 2.24) is 0 Å². The van der Waals surface area contributed by atoms with Gasteiger partial charge in [-0.15, -0.1) is 0 Å². The number of hydrogen-bond donors (Lipinski definition) is 0. The van der Waals surface area contributed by atoms with E-state index in [-0.39, 0.29) is 0 Å². The summed E-state index contributed by atoms with van der Waals surface area (Å²) in [5.41, 5.74) is 0.592. The first-order valence-corrected chi connectivity index (χ1v) is 5.55. The van der Waals surface area contributed by atoms with Gasteiger partial charge >= 0.3 is 0 Å². The summed E-state index contributed by atoms with van der Waals surface area (Å²) in [4.78, 5) is 0. The Hall–Kier alpha value is 0. The average molecular weight is 170 g/mol. The standard InChI is InChI=1S/C12H26/c1-7-11(6)12(8-2,9-3)10(4)5/h10-11H,7-9H2,1-6H3. The van der Waals surface area contributed by atoms with Crippen LogP contribution >= 0.6 is 0 Å². The molecular weight excluding hydrogens is 144 g/mol. The second-order valence-electron chi connectivity index (χ2n) is 4.40. The molecule has 0 heteroatoms. The zero-order valence-corrected chi connectivity index (χ0v) is 9.78. The van der Waals surface area contributed by atoms with Crippen molar-refractivity contribution in [1.29, 1.82) is 0 Å². The van der Waals surface area contributed by atoms with Crippen LogP contribution < -0.4 is 0 Å². The maximum Gasteiger partial charge on any atom is -0.0254 e. The quantitative estimate of drug-likeness (QED) is 0.570. The van der Waals surface area contributed by atoms with Crippen LogP contribution in [0.4, 0.5) is 0 Å². The van der Waals surface area contributed by atoms with E-state index < -0.39 is 0 Å². The lowest BCUT2D eigenvalue weighted by Crippen LogP contribution is -2.32. The van der Waals surface area contributed by atoms with E-state index in [9.17, 15) is 0 Å². The Balaban J connectivity index is 4.56. The predicted octanol–water partition coefficient (Wildman–Crippen LogP) is 4.49.